The number of primary sulfonamides is 1. The Kier molecular flexibility index (Phi) is 4.94. The van der Waals surface area contributed by atoms with Gasteiger partial charge in [-0.3, -0.25) is 9.69 Å². The molecule has 1 heterocycles. The van der Waals surface area contributed by atoms with Crippen molar-refractivity contribution in [1.82, 2.24) is 10.2 Å². The molecule has 4 N–H and O–H groups in total. The number of benzene rings is 1. The fourth-order valence-electron chi connectivity index (χ4n) is 2.23. The number of rotatable bonds is 4. The Morgan fingerprint density at radius 3 is 2.67 bits per heavy atom. The summed E-state index contributed by atoms with van der Waals surface area (Å²) in [6, 6.07) is 6.11. The average molecular weight is 312 g/mol. The smallest absolute Gasteiger partial charge is 0.238 e. The molecule has 7 nitrogen and oxygen atoms in total. The van der Waals surface area contributed by atoms with Crippen LogP contribution in [0.25, 0.3) is 0 Å². The zero-order chi connectivity index (χ0) is 15.5. The number of anilines is 1. The van der Waals surface area contributed by atoms with Crippen LogP contribution in [0.1, 0.15) is 6.92 Å². The van der Waals surface area contributed by atoms with E-state index in [0.29, 0.717) is 18.3 Å². The number of nitrogens with two attached hydrogens (primary N) is 1. The van der Waals surface area contributed by atoms with Gasteiger partial charge in [0.25, 0.3) is 0 Å². The van der Waals surface area contributed by atoms with Crippen LogP contribution in [-0.2, 0) is 14.8 Å². The highest BCUT2D eigenvalue weighted by Gasteiger charge is 2.20. The summed E-state index contributed by atoms with van der Waals surface area (Å²) < 4.78 is 22.3. The lowest BCUT2D eigenvalue weighted by Gasteiger charge is -2.33. The molecule has 1 saturated heterocycles. The molecule has 0 aliphatic carbocycles. The van der Waals surface area contributed by atoms with E-state index in [4.69, 9.17) is 5.14 Å². The summed E-state index contributed by atoms with van der Waals surface area (Å²) in [4.78, 5) is 14.1. The third-order valence-electron chi connectivity index (χ3n) is 3.45. The second-order valence-electron chi connectivity index (χ2n) is 5.14. The molecular formula is C13H20N4O3S. The standard InChI is InChI=1S/C13H20N4O3S/c1-10-8-15-6-7-17(10)9-13(18)16-11-2-4-12(5-3-11)21(14,19)20/h2-5,10,15H,6-9H2,1H3,(H,16,18)(H2,14,19,20)/t10-/m0/s1. The van der Waals surface area contributed by atoms with Crippen molar-refractivity contribution < 1.29 is 13.2 Å². The lowest BCUT2D eigenvalue weighted by atomic mass is 10.2. The van der Waals surface area contributed by atoms with Crippen LogP contribution in [0.15, 0.2) is 29.2 Å². The van der Waals surface area contributed by atoms with E-state index in [1.807, 2.05) is 0 Å². The summed E-state index contributed by atoms with van der Waals surface area (Å²) in [7, 11) is -3.71. The van der Waals surface area contributed by atoms with Gasteiger partial charge in [-0.25, -0.2) is 13.6 Å². The molecule has 0 unspecified atom stereocenters. The molecule has 1 aromatic carbocycles. The maximum atomic E-state index is 12.0. The zero-order valence-corrected chi connectivity index (χ0v) is 12.7. The van der Waals surface area contributed by atoms with Crippen LogP contribution in [0.2, 0.25) is 0 Å². The van der Waals surface area contributed by atoms with E-state index < -0.39 is 10.0 Å². The minimum Gasteiger partial charge on any atom is -0.325 e. The monoisotopic (exact) mass is 312 g/mol. The normalized spacial score (nSPS) is 20.2. The molecule has 0 spiro atoms. The van der Waals surface area contributed by atoms with Crippen LogP contribution in [0.4, 0.5) is 5.69 Å². The third kappa shape index (κ3) is 4.50. The molecule has 1 fully saturated rings. The predicted molar refractivity (Wildman–Crippen MR) is 80.3 cm³/mol. The largest absolute Gasteiger partial charge is 0.325 e. The minimum absolute atomic E-state index is 0.0243. The van der Waals surface area contributed by atoms with E-state index >= 15 is 0 Å². The highest BCUT2D eigenvalue weighted by molar-refractivity contribution is 7.89. The molecule has 0 bridgehead atoms. The van der Waals surface area contributed by atoms with Gasteiger partial charge < -0.3 is 10.6 Å². The summed E-state index contributed by atoms with van der Waals surface area (Å²) in [5, 5.41) is 11.0. The van der Waals surface area contributed by atoms with Crippen LogP contribution in [-0.4, -0.2) is 51.4 Å². The van der Waals surface area contributed by atoms with Gasteiger partial charge in [-0.05, 0) is 31.2 Å². The van der Waals surface area contributed by atoms with Crippen LogP contribution in [0.5, 0.6) is 0 Å². The first kappa shape index (κ1) is 15.9. The van der Waals surface area contributed by atoms with Gasteiger partial charge in [0.15, 0.2) is 0 Å². The van der Waals surface area contributed by atoms with Gasteiger partial charge in [0.1, 0.15) is 0 Å². The van der Waals surface area contributed by atoms with Crippen molar-refractivity contribution in [3.8, 4) is 0 Å². The number of nitrogens with zero attached hydrogens (tertiary/aromatic N) is 1. The second kappa shape index (κ2) is 6.52. The first-order chi connectivity index (χ1) is 9.86. The number of sulfonamides is 1. The predicted octanol–water partition coefficient (Wildman–Crippen LogP) is -0.434. The van der Waals surface area contributed by atoms with E-state index in [1.165, 1.54) is 24.3 Å². The Balaban J connectivity index is 1.93. The SMILES string of the molecule is C[C@H]1CNCCN1CC(=O)Nc1ccc(S(N)(=O)=O)cc1. The number of amides is 1. The molecule has 116 valence electrons. The number of nitrogens with one attached hydrogen (secondary N) is 2. The number of hydrogen-bond acceptors (Lipinski definition) is 5. The number of carbonyl (C=O) groups is 1. The van der Waals surface area contributed by atoms with Gasteiger partial charge in [0.2, 0.25) is 15.9 Å². The van der Waals surface area contributed by atoms with Gasteiger partial charge in [-0.2, -0.15) is 0 Å². The van der Waals surface area contributed by atoms with Crippen LogP contribution >= 0.6 is 0 Å². The summed E-state index contributed by atoms with van der Waals surface area (Å²) in [6.45, 7) is 4.97. The molecule has 0 radical (unpaired) electrons. The van der Waals surface area contributed by atoms with Gasteiger partial charge in [0, 0.05) is 31.4 Å². The van der Waals surface area contributed by atoms with Crippen LogP contribution in [0.3, 0.4) is 0 Å². The van der Waals surface area contributed by atoms with Crippen molar-refractivity contribution in [2.24, 2.45) is 5.14 Å². The molecule has 0 aromatic heterocycles. The van der Waals surface area contributed by atoms with Crippen molar-refractivity contribution in [3.63, 3.8) is 0 Å². The molecule has 1 aliphatic rings. The average Bonchev–Trinajstić information content (AvgIpc) is 2.41. The Labute approximate surface area is 124 Å². The van der Waals surface area contributed by atoms with Gasteiger partial charge >= 0.3 is 0 Å². The maximum absolute atomic E-state index is 12.0. The third-order valence-corrected chi connectivity index (χ3v) is 4.38. The minimum atomic E-state index is -3.71. The summed E-state index contributed by atoms with van der Waals surface area (Å²) in [6.07, 6.45) is 0. The number of carbonyl (C=O) groups excluding carboxylic acids is 1. The first-order valence-electron chi connectivity index (χ1n) is 6.74. The van der Waals surface area contributed by atoms with E-state index in [0.717, 1.165) is 19.6 Å². The lowest BCUT2D eigenvalue weighted by molar-refractivity contribution is -0.118. The van der Waals surface area contributed by atoms with E-state index in [9.17, 15) is 13.2 Å². The van der Waals surface area contributed by atoms with Gasteiger partial charge in [-0.15, -0.1) is 0 Å². The highest BCUT2D eigenvalue weighted by Crippen LogP contribution is 2.13. The molecule has 8 heteroatoms. The molecule has 21 heavy (non-hydrogen) atoms. The van der Waals surface area contributed by atoms with Crippen molar-refractivity contribution in [2.75, 3.05) is 31.5 Å². The molecule has 1 aliphatic heterocycles. The topological polar surface area (TPSA) is 105 Å². The Morgan fingerprint density at radius 1 is 1.43 bits per heavy atom. The van der Waals surface area contributed by atoms with Crippen LogP contribution < -0.4 is 15.8 Å². The molecule has 1 amide bonds. The summed E-state index contributed by atoms with van der Waals surface area (Å²) >= 11 is 0. The van der Waals surface area contributed by atoms with E-state index in [-0.39, 0.29) is 10.8 Å². The van der Waals surface area contributed by atoms with Gasteiger partial charge in [0.05, 0.1) is 11.4 Å². The van der Waals surface area contributed by atoms with Crippen molar-refractivity contribution in [3.05, 3.63) is 24.3 Å². The lowest BCUT2D eigenvalue weighted by Crippen LogP contribution is -2.51. The molecular weight excluding hydrogens is 292 g/mol. The zero-order valence-electron chi connectivity index (χ0n) is 11.9. The number of hydrogen-bond donors (Lipinski definition) is 3. The van der Waals surface area contributed by atoms with E-state index in [2.05, 4.69) is 22.5 Å². The van der Waals surface area contributed by atoms with Crippen molar-refractivity contribution in [2.45, 2.75) is 17.9 Å². The quantitative estimate of drug-likeness (QED) is 0.699. The molecule has 1 atom stereocenters. The molecule has 0 saturated carbocycles. The second-order valence-corrected chi connectivity index (χ2v) is 6.70. The fourth-order valence-corrected chi connectivity index (χ4v) is 2.75. The summed E-state index contributed by atoms with van der Waals surface area (Å²) in [5.41, 5.74) is 0.551. The number of piperazine rings is 1. The highest BCUT2D eigenvalue weighted by atomic mass is 32.2. The Bertz CT molecular complexity index is 600. The van der Waals surface area contributed by atoms with E-state index in [1.54, 1.807) is 0 Å². The van der Waals surface area contributed by atoms with Crippen molar-refractivity contribution in [1.29, 1.82) is 0 Å². The van der Waals surface area contributed by atoms with Gasteiger partial charge in [-0.1, -0.05) is 0 Å². The first-order valence-corrected chi connectivity index (χ1v) is 8.28. The molecule has 2 rings (SSSR count). The fraction of sp³-hybridized carbons (Fsp3) is 0.462. The summed E-state index contributed by atoms with van der Waals surface area (Å²) in [5.74, 6) is -0.118. The molecule has 1 aromatic rings. The Hall–Kier alpha value is -1.48. The Morgan fingerprint density at radius 2 is 2.10 bits per heavy atom. The van der Waals surface area contributed by atoms with Crippen molar-refractivity contribution >= 4 is 21.6 Å². The van der Waals surface area contributed by atoms with Crippen LogP contribution in [0, 0.1) is 0 Å². The maximum Gasteiger partial charge on any atom is 0.238 e.